The van der Waals surface area contributed by atoms with E-state index in [0.29, 0.717) is 13.2 Å². The molecule has 2 rings (SSSR count). The van der Waals surface area contributed by atoms with Crippen molar-refractivity contribution in [2.75, 3.05) is 6.61 Å². The molecule has 0 spiro atoms. The molecule has 3 nitrogen and oxygen atoms in total. The fraction of sp³-hybridized carbons (Fsp3) is 0.625. The normalized spacial score (nSPS) is 30.8. The highest BCUT2D eigenvalue weighted by Crippen LogP contribution is 2.30. The molecule has 0 bridgehead atoms. The van der Waals surface area contributed by atoms with Crippen LogP contribution >= 0.6 is 0 Å². The fourth-order valence-electron chi connectivity index (χ4n) is 2.33. The smallest absolute Gasteiger partial charge is 0.111 e. The number of ether oxygens (including phenoxy) is 2. The van der Waals surface area contributed by atoms with Crippen molar-refractivity contribution in [3.63, 3.8) is 0 Å². The van der Waals surface area contributed by atoms with E-state index >= 15 is 0 Å². The van der Waals surface area contributed by atoms with Gasteiger partial charge in [0.25, 0.3) is 0 Å². The maximum absolute atomic E-state index is 10.5. The number of rotatable bonds is 3. The summed E-state index contributed by atoms with van der Waals surface area (Å²) in [5.74, 6) is 0. The van der Waals surface area contributed by atoms with Crippen LogP contribution in [0.3, 0.4) is 0 Å². The van der Waals surface area contributed by atoms with Gasteiger partial charge < -0.3 is 14.6 Å². The Labute approximate surface area is 115 Å². The summed E-state index contributed by atoms with van der Waals surface area (Å²) in [6.45, 7) is 6.76. The molecule has 0 unspecified atom stereocenters. The van der Waals surface area contributed by atoms with E-state index in [9.17, 15) is 5.11 Å². The van der Waals surface area contributed by atoms with Crippen LogP contribution in [0.1, 0.15) is 39.2 Å². The number of aliphatic hydroxyl groups is 1. The molecular formula is C16H24O3. The van der Waals surface area contributed by atoms with Crippen LogP contribution in [0.5, 0.6) is 0 Å². The standard InChI is InChI=1S/C16H24O3/c1-15(2)10-9-14(16(3,17)12-19-15)18-11-13-7-5-4-6-8-13/h4-8,14,17H,9-12H2,1-3H3/t14-,16-/m1/s1. The van der Waals surface area contributed by atoms with E-state index in [-0.39, 0.29) is 11.7 Å². The Bertz CT molecular complexity index is 398. The van der Waals surface area contributed by atoms with E-state index in [2.05, 4.69) is 13.8 Å². The zero-order valence-corrected chi connectivity index (χ0v) is 12.1. The second kappa shape index (κ2) is 5.61. The lowest BCUT2D eigenvalue weighted by Crippen LogP contribution is -2.44. The van der Waals surface area contributed by atoms with Crippen LogP contribution in [-0.4, -0.2) is 29.0 Å². The van der Waals surface area contributed by atoms with E-state index in [1.54, 1.807) is 6.92 Å². The minimum absolute atomic E-state index is 0.186. The molecule has 1 aromatic rings. The highest BCUT2D eigenvalue weighted by Gasteiger charge is 2.39. The minimum Gasteiger partial charge on any atom is -0.385 e. The third kappa shape index (κ3) is 4.03. The van der Waals surface area contributed by atoms with E-state index in [1.165, 1.54) is 0 Å². The average Bonchev–Trinajstić information content (AvgIpc) is 2.47. The van der Waals surface area contributed by atoms with Gasteiger partial charge in [-0.15, -0.1) is 0 Å². The Morgan fingerprint density at radius 1 is 1.26 bits per heavy atom. The largest absolute Gasteiger partial charge is 0.385 e. The van der Waals surface area contributed by atoms with Gasteiger partial charge in [0.05, 0.1) is 24.9 Å². The summed E-state index contributed by atoms with van der Waals surface area (Å²) in [4.78, 5) is 0. The van der Waals surface area contributed by atoms with Gasteiger partial charge in [-0.1, -0.05) is 30.3 Å². The number of hydrogen-bond donors (Lipinski definition) is 1. The predicted molar refractivity (Wildman–Crippen MR) is 74.9 cm³/mol. The lowest BCUT2D eigenvalue weighted by molar-refractivity contribution is -0.140. The van der Waals surface area contributed by atoms with Crippen molar-refractivity contribution in [1.82, 2.24) is 0 Å². The van der Waals surface area contributed by atoms with Crippen LogP contribution in [-0.2, 0) is 16.1 Å². The van der Waals surface area contributed by atoms with Gasteiger partial charge in [-0.05, 0) is 39.2 Å². The first-order valence-electron chi connectivity index (χ1n) is 6.91. The topological polar surface area (TPSA) is 38.7 Å². The Hall–Kier alpha value is -0.900. The van der Waals surface area contributed by atoms with E-state index in [1.807, 2.05) is 30.3 Å². The fourth-order valence-corrected chi connectivity index (χ4v) is 2.33. The molecule has 1 aliphatic rings. The SMILES string of the molecule is CC1(C)CC[C@@H](OCc2ccccc2)[C@](C)(O)CO1. The Kier molecular flexibility index (Phi) is 4.29. The third-order valence-electron chi connectivity index (χ3n) is 3.75. The van der Waals surface area contributed by atoms with Crippen molar-refractivity contribution in [3.05, 3.63) is 35.9 Å². The van der Waals surface area contributed by atoms with Crippen molar-refractivity contribution in [1.29, 1.82) is 0 Å². The van der Waals surface area contributed by atoms with Crippen molar-refractivity contribution in [2.45, 2.75) is 57.5 Å². The summed E-state index contributed by atoms with van der Waals surface area (Å²) in [5.41, 5.74) is 0.0138. The van der Waals surface area contributed by atoms with E-state index in [4.69, 9.17) is 9.47 Å². The first-order valence-corrected chi connectivity index (χ1v) is 6.91. The van der Waals surface area contributed by atoms with Crippen LogP contribution in [0.2, 0.25) is 0 Å². The molecule has 0 saturated carbocycles. The molecule has 1 N–H and O–H groups in total. The van der Waals surface area contributed by atoms with Crippen LogP contribution in [0.25, 0.3) is 0 Å². The first-order chi connectivity index (χ1) is 8.89. The molecule has 1 heterocycles. The summed E-state index contributed by atoms with van der Waals surface area (Å²) in [7, 11) is 0. The van der Waals surface area contributed by atoms with Gasteiger partial charge in [0.15, 0.2) is 0 Å². The molecular weight excluding hydrogens is 240 g/mol. The van der Waals surface area contributed by atoms with Gasteiger partial charge in [-0.25, -0.2) is 0 Å². The highest BCUT2D eigenvalue weighted by atomic mass is 16.5. The van der Waals surface area contributed by atoms with Crippen molar-refractivity contribution in [2.24, 2.45) is 0 Å². The monoisotopic (exact) mass is 264 g/mol. The Morgan fingerprint density at radius 3 is 2.63 bits per heavy atom. The second-order valence-electron chi connectivity index (χ2n) is 6.23. The molecule has 106 valence electrons. The summed E-state index contributed by atoms with van der Waals surface area (Å²) in [6, 6.07) is 10.0. The highest BCUT2D eigenvalue weighted by molar-refractivity contribution is 5.13. The molecule has 1 saturated heterocycles. The predicted octanol–water partition coefficient (Wildman–Crippen LogP) is 2.91. The van der Waals surface area contributed by atoms with Gasteiger partial charge in [0, 0.05) is 0 Å². The zero-order valence-electron chi connectivity index (χ0n) is 12.1. The number of hydrogen-bond acceptors (Lipinski definition) is 3. The summed E-state index contributed by atoms with van der Waals surface area (Å²) < 4.78 is 11.7. The first kappa shape index (κ1) is 14.5. The number of benzene rings is 1. The third-order valence-corrected chi connectivity index (χ3v) is 3.75. The molecule has 0 aromatic heterocycles. The zero-order chi connectivity index (χ0) is 13.9. The van der Waals surface area contributed by atoms with E-state index < -0.39 is 5.60 Å². The second-order valence-corrected chi connectivity index (χ2v) is 6.23. The summed E-state index contributed by atoms with van der Waals surface area (Å²) in [6.07, 6.45) is 1.52. The van der Waals surface area contributed by atoms with Crippen LogP contribution < -0.4 is 0 Å². The Morgan fingerprint density at radius 2 is 1.95 bits per heavy atom. The molecule has 0 amide bonds. The average molecular weight is 264 g/mol. The maximum Gasteiger partial charge on any atom is 0.111 e. The quantitative estimate of drug-likeness (QED) is 0.912. The summed E-state index contributed by atoms with van der Waals surface area (Å²) >= 11 is 0. The van der Waals surface area contributed by atoms with Gasteiger partial charge in [0.1, 0.15) is 5.60 Å². The van der Waals surface area contributed by atoms with Gasteiger partial charge in [-0.2, -0.15) is 0 Å². The minimum atomic E-state index is -0.928. The van der Waals surface area contributed by atoms with Crippen LogP contribution in [0, 0.1) is 0 Å². The molecule has 1 fully saturated rings. The van der Waals surface area contributed by atoms with E-state index in [0.717, 1.165) is 18.4 Å². The van der Waals surface area contributed by atoms with Gasteiger partial charge in [0.2, 0.25) is 0 Å². The molecule has 19 heavy (non-hydrogen) atoms. The van der Waals surface area contributed by atoms with Crippen LogP contribution in [0.4, 0.5) is 0 Å². The molecule has 0 aliphatic carbocycles. The summed E-state index contributed by atoms with van der Waals surface area (Å²) in [5, 5.41) is 10.5. The lowest BCUT2D eigenvalue weighted by atomic mass is 9.94. The van der Waals surface area contributed by atoms with Gasteiger partial charge in [-0.3, -0.25) is 0 Å². The lowest BCUT2D eigenvalue weighted by Gasteiger charge is -2.30. The van der Waals surface area contributed by atoms with Crippen molar-refractivity contribution in [3.8, 4) is 0 Å². The van der Waals surface area contributed by atoms with Crippen molar-refractivity contribution >= 4 is 0 Å². The molecule has 1 aliphatic heterocycles. The van der Waals surface area contributed by atoms with Crippen molar-refractivity contribution < 1.29 is 14.6 Å². The van der Waals surface area contributed by atoms with Gasteiger partial charge >= 0.3 is 0 Å². The molecule has 3 heteroatoms. The maximum atomic E-state index is 10.5. The molecule has 1 aromatic carbocycles. The molecule has 2 atom stereocenters. The Balaban J connectivity index is 1.98. The molecule has 0 radical (unpaired) electrons. The van der Waals surface area contributed by atoms with Crippen LogP contribution in [0.15, 0.2) is 30.3 Å².